The maximum Gasteiger partial charge on any atom is 0.249 e. The van der Waals surface area contributed by atoms with E-state index in [1.54, 1.807) is 49.0 Å². The number of benzene rings is 2. The molecule has 3 heterocycles. The number of thiophene rings is 1. The number of para-hydroxylation sites is 1. The van der Waals surface area contributed by atoms with Crippen molar-refractivity contribution in [1.82, 2.24) is 9.88 Å². The van der Waals surface area contributed by atoms with Gasteiger partial charge >= 0.3 is 0 Å². The van der Waals surface area contributed by atoms with E-state index in [2.05, 4.69) is 23.3 Å². The summed E-state index contributed by atoms with van der Waals surface area (Å²) in [4.78, 5) is 21.4. The van der Waals surface area contributed by atoms with Crippen LogP contribution in [0.25, 0.3) is 26.9 Å². The summed E-state index contributed by atoms with van der Waals surface area (Å²) in [6.07, 6.45) is 4.27. The summed E-state index contributed by atoms with van der Waals surface area (Å²) in [6.45, 7) is 1.88. The van der Waals surface area contributed by atoms with E-state index in [1.807, 2.05) is 36.4 Å². The Morgan fingerprint density at radius 1 is 1.11 bits per heavy atom. The molecule has 2 aromatic heterocycles. The highest BCUT2D eigenvalue weighted by Crippen LogP contribution is 2.45. The molecule has 0 bridgehead atoms. The molecule has 0 unspecified atom stereocenters. The van der Waals surface area contributed by atoms with E-state index in [9.17, 15) is 4.79 Å². The molecule has 0 saturated heterocycles. The second-order valence-corrected chi connectivity index (χ2v) is 10.3. The molecule has 1 aliphatic heterocycles. The number of rotatable bonds is 6. The number of nitrogens with zero attached hydrogens (tertiary/aromatic N) is 2. The molecule has 0 aliphatic carbocycles. The Balaban J connectivity index is 0.00000289. The van der Waals surface area contributed by atoms with Crippen LogP contribution in [-0.4, -0.2) is 43.6 Å². The molecular formula is C26H26ClN3O3S2. The molecule has 182 valence electrons. The normalized spacial score (nSPS) is 13.5. The van der Waals surface area contributed by atoms with Crippen molar-refractivity contribution in [3.05, 3.63) is 64.5 Å². The minimum Gasteiger partial charge on any atom is -0.493 e. The van der Waals surface area contributed by atoms with Crippen LogP contribution in [0.1, 0.15) is 16.0 Å². The van der Waals surface area contributed by atoms with Crippen LogP contribution in [0, 0.1) is 0 Å². The maximum atomic E-state index is 12.9. The fourth-order valence-electron chi connectivity index (χ4n) is 4.11. The Kier molecular flexibility index (Phi) is 7.76. The van der Waals surface area contributed by atoms with Gasteiger partial charge in [-0.1, -0.05) is 18.2 Å². The van der Waals surface area contributed by atoms with Gasteiger partial charge in [0.15, 0.2) is 11.5 Å². The fourth-order valence-corrected chi connectivity index (χ4v) is 6.55. The van der Waals surface area contributed by atoms with Crippen LogP contribution in [0.15, 0.2) is 48.5 Å². The van der Waals surface area contributed by atoms with E-state index in [0.717, 1.165) is 50.9 Å². The average molecular weight is 528 g/mol. The van der Waals surface area contributed by atoms with E-state index in [-0.39, 0.29) is 18.3 Å². The second-order valence-electron chi connectivity index (χ2n) is 8.12. The minimum atomic E-state index is -0.177. The smallest absolute Gasteiger partial charge is 0.249 e. The summed E-state index contributed by atoms with van der Waals surface area (Å²) in [5.41, 5.74) is 4.22. The van der Waals surface area contributed by atoms with Gasteiger partial charge in [0.2, 0.25) is 5.91 Å². The molecule has 1 aliphatic rings. The molecule has 0 saturated carbocycles. The lowest BCUT2D eigenvalue weighted by molar-refractivity contribution is -0.111. The zero-order valence-corrected chi connectivity index (χ0v) is 22.1. The summed E-state index contributed by atoms with van der Waals surface area (Å²) in [5.74, 6) is 1.10. The lowest BCUT2D eigenvalue weighted by Gasteiger charge is -2.22. The minimum absolute atomic E-state index is 0. The number of nitrogens with one attached hydrogen (secondary N) is 1. The van der Waals surface area contributed by atoms with Gasteiger partial charge in [0.1, 0.15) is 10.0 Å². The number of hydrogen-bond acceptors (Lipinski definition) is 7. The van der Waals surface area contributed by atoms with Crippen molar-refractivity contribution < 1.29 is 14.3 Å². The Bertz CT molecular complexity index is 1360. The van der Waals surface area contributed by atoms with Gasteiger partial charge in [-0.25, -0.2) is 4.98 Å². The van der Waals surface area contributed by atoms with Crippen molar-refractivity contribution >= 4 is 62.3 Å². The van der Waals surface area contributed by atoms with Gasteiger partial charge in [0, 0.05) is 29.6 Å². The summed E-state index contributed by atoms with van der Waals surface area (Å²) >= 11 is 3.33. The Labute approximate surface area is 218 Å². The molecule has 2 aromatic carbocycles. The zero-order chi connectivity index (χ0) is 23.7. The Hall–Kier alpha value is -2.91. The van der Waals surface area contributed by atoms with E-state index in [0.29, 0.717) is 11.5 Å². The summed E-state index contributed by atoms with van der Waals surface area (Å²) in [6, 6.07) is 13.7. The van der Waals surface area contributed by atoms with E-state index in [1.165, 1.54) is 10.4 Å². The zero-order valence-electron chi connectivity index (χ0n) is 19.7. The Morgan fingerprint density at radius 3 is 2.69 bits per heavy atom. The van der Waals surface area contributed by atoms with Gasteiger partial charge in [-0.3, -0.25) is 4.79 Å². The molecule has 0 atom stereocenters. The maximum absolute atomic E-state index is 12.9. The first kappa shape index (κ1) is 25.2. The van der Waals surface area contributed by atoms with Crippen LogP contribution in [0.5, 0.6) is 11.5 Å². The fraction of sp³-hybridized carbons (Fsp3) is 0.231. The molecule has 35 heavy (non-hydrogen) atoms. The van der Waals surface area contributed by atoms with Crippen molar-refractivity contribution in [2.75, 3.05) is 33.1 Å². The molecule has 9 heteroatoms. The molecule has 0 spiro atoms. The highest BCUT2D eigenvalue weighted by molar-refractivity contribution is 7.23. The van der Waals surface area contributed by atoms with Crippen molar-refractivity contribution in [3.8, 4) is 22.1 Å². The third-order valence-electron chi connectivity index (χ3n) is 5.83. The predicted molar refractivity (Wildman–Crippen MR) is 147 cm³/mol. The van der Waals surface area contributed by atoms with E-state index in [4.69, 9.17) is 14.5 Å². The van der Waals surface area contributed by atoms with Gasteiger partial charge in [0.25, 0.3) is 0 Å². The number of fused-ring (bicyclic) bond motifs is 2. The standard InChI is InChI=1S/C26H25N3O3S2.ClH/c1-29-13-12-17-22(15-29)34-26(24(17)25-27-18-6-4-5-7-21(18)33-25)28-23(30)11-9-16-8-10-19(31-2)20(14-16)32-3;/h4-11,14H,12-13,15H2,1-3H3,(H,28,30);1H/b11-9+;. The number of methoxy groups -OCH3 is 2. The number of carbonyl (C=O) groups excluding carboxylic acids is 1. The number of anilines is 1. The van der Waals surface area contributed by atoms with Crippen molar-refractivity contribution in [3.63, 3.8) is 0 Å². The lowest BCUT2D eigenvalue weighted by atomic mass is 10.0. The van der Waals surface area contributed by atoms with Crippen LogP contribution in [-0.2, 0) is 17.8 Å². The largest absolute Gasteiger partial charge is 0.493 e. The molecule has 5 rings (SSSR count). The highest BCUT2D eigenvalue weighted by Gasteiger charge is 2.26. The van der Waals surface area contributed by atoms with Gasteiger partial charge in [-0.15, -0.1) is 35.1 Å². The quantitative estimate of drug-likeness (QED) is 0.307. The molecule has 1 N–H and O–H groups in total. The van der Waals surface area contributed by atoms with E-state index < -0.39 is 0 Å². The SMILES string of the molecule is COc1ccc(/C=C/C(=O)Nc2sc3c(c2-c2nc4ccccc4s2)CCN(C)C3)cc1OC.Cl. The van der Waals surface area contributed by atoms with Gasteiger partial charge in [-0.2, -0.15) is 0 Å². The van der Waals surface area contributed by atoms with Crippen LogP contribution in [0.4, 0.5) is 5.00 Å². The summed E-state index contributed by atoms with van der Waals surface area (Å²) in [7, 11) is 5.32. The van der Waals surface area contributed by atoms with Crippen LogP contribution in [0.3, 0.4) is 0 Å². The lowest BCUT2D eigenvalue weighted by Crippen LogP contribution is -2.25. The number of aromatic nitrogens is 1. The number of amides is 1. The Morgan fingerprint density at radius 2 is 1.91 bits per heavy atom. The number of likely N-dealkylation sites (N-methyl/N-ethyl adjacent to an activating group) is 1. The molecular weight excluding hydrogens is 502 g/mol. The van der Waals surface area contributed by atoms with Gasteiger partial charge in [-0.05, 0) is 54.9 Å². The van der Waals surface area contributed by atoms with Crippen LogP contribution >= 0.6 is 35.1 Å². The molecule has 6 nitrogen and oxygen atoms in total. The number of hydrogen-bond donors (Lipinski definition) is 1. The first-order chi connectivity index (χ1) is 16.6. The average Bonchev–Trinajstić information content (AvgIpc) is 3.42. The van der Waals surface area contributed by atoms with Crippen LogP contribution < -0.4 is 14.8 Å². The molecule has 4 aromatic rings. The summed E-state index contributed by atoms with van der Waals surface area (Å²) in [5, 5.41) is 4.95. The first-order valence-corrected chi connectivity index (χ1v) is 12.6. The molecule has 0 fully saturated rings. The first-order valence-electron chi connectivity index (χ1n) is 11.0. The predicted octanol–water partition coefficient (Wildman–Crippen LogP) is 6.10. The molecule has 1 amide bonds. The third kappa shape index (κ3) is 5.21. The van der Waals surface area contributed by atoms with Crippen LogP contribution in [0.2, 0.25) is 0 Å². The number of thiazole rings is 1. The van der Waals surface area contributed by atoms with Crippen molar-refractivity contribution in [2.45, 2.75) is 13.0 Å². The van der Waals surface area contributed by atoms with Gasteiger partial charge < -0.3 is 19.7 Å². The monoisotopic (exact) mass is 527 g/mol. The number of ether oxygens (including phenoxy) is 2. The third-order valence-corrected chi connectivity index (χ3v) is 8.01. The second kappa shape index (κ2) is 10.8. The highest BCUT2D eigenvalue weighted by atomic mass is 35.5. The van der Waals surface area contributed by atoms with Crippen molar-refractivity contribution in [1.29, 1.82) is 0 Å². The topological polar surface area (TPSA) is 63.7 Å². The molecule has 0 radical (unpaired) electrons. The van der Waals surface area contributed by atoms with Crippen molar-refractivity contribution in [2.24, 2.45) is 0 Å². The van der Waals surface area contributed by atoms with Gasteiger partial charge in [0.05, 0.1) is 24.4 Å². The van der Waals surface area contributed by atoms with E-state index >= 15 is 0 Å². The summed E-state index contributed by atoms with van der Waals surface area (Å²) < 4.78 is 11.8. The number of halogens is 1. The number of carbonyl (C=O) groups is 1.